The molecule has 6 nitrogen and oxygen atoms in total. The number of nitrogens with one attached hydrogen (secondary N) is 1. The van der Waals surface area contributed by atoms with Gasteiger partial charge in [0, 0.05) is 13.1 Å². The maximum absolute atomic E-state index is 11.9. The van der Waals surface area contributed by atoms with Crippen molar-refractivity contribution in [3.05, 3.63) is 41.5 Å². The number of aromatic nitrogens is 3. The summed E-state index contributed by atoms with van der Waals surface area (Å²) in [5, 5.41) is 7.00. The van der Waals surface area contributed by atoms with E-state index >= 15 is 0 Å². The first-order chi connectivity index (χ1) is 10.0. The number of para-hydroxylation sites is 1. The monoisotopic (exact) mass is 287 g/mol. The quantitative estimate of drug-likeness (QED) is 0.870. The van der Waals surface area contributed by atoms with Crippen molar-refractivity contribution in [1.82, 2.24) is 20.1 Å². The first-order valence-corrected chi connectivity index (χ1v) is 7.05. The van der Waals surface area contributed by atoms with Crippen LogP contribution in [0.15, 0.2) is 24.3 Å². The van der Waals surface area contributed by atoms with Gasteiger partial charge in [0.25, 0.3) is 5.91 Å². The maximum Gasteiger partial charge on any atom is 0.291 e. The molecular weight excluding hydrogens is 266 g/mol. The highest BCUT2D eigenvalue weighted by molar-refractivity contribution is 5.90. The Labute approximate surface area is 124 Å². The second-order valence-corrected chi connectivity index (χ2v) is 5.15. The number of rotatable bonds is 5. The van der Waals surface area contributed by atoms with Gasteiger partial charge >= 0.3 is 0 Å². The summed E-state index contributed by atoms with van der Waals surface area (Å²) in [6.45, 7) is 6.89. The van der Waals surface area contributed by atoms with Crippen LogP contribution >= 0.6 is 0 Å². The molecule has 0 fully saturated rings. The van der Waals surface area contributed by atoms with Gasteiger partial charge in [0.05, 0.1) is 5.69 Å². The SMILES string of the molecule is Cc1nc(C(=O)NCCN)nn1-c1ccccc1C(C)C. The lowest BCUT2D eigenvalue weighted by Gasteiger charge is -2.12. The van der Waals surface area contributed by atoms with Crippen molar-refractivity contribution in [2.24, 2.45) is 5.73 Å². The highest BCUT2D eigenvalue weighted by Gasteiger charge is 2.17. The topological polar surface area (TPSA) is 85.8 Å². The van der Waals surface area contributed by atoms with E-state index in [4.69, 9.17) is 5.73 Å². The van der Waals surface area contributed by atoms with E-state index in [1.54, 1.807) is 4.68 Å². The first kappa shape index (κ1) is 15.2. The van der Waals surface area contributed by atoms with E-state index in [2.05, 4.69) is 35.3 Å². The van der Waals surface area contributed by atoms with Crippen LogP contribution in [0.4, 0.5) is 0 Å². The summed E-state index contributed by atoms with van der Waals surface area (Å²) in [6, 6.07) is 8.00. The standard InChI is InChI=1S/C15H21N5O/c1-10(2)12-6-4-5-7-13(12)20-11(3)18-14(19-20)15(21)17-9-8-16/h4-7,10H,8-9,16H2,1-3H3,(H,17,21). The molecule has 0 aliphatic heterocycles. The van der Waals surface area contributed by atoms with Crippen molar-refractivity contribution in [2.75, 3.05) is 13.1 Å². The lowest BCUT2D eigenvalue weighted by molar-refractivity contribution is 0.0944. The lowest BCUT2D eigenvalue weighted by atomic mass is 10.0. The van der Waals surface area contributed by atoms with Gasteiger partial charge in [-0.25, -0.2) is 9.67 Å². The number of nitrogens with zero attached hydrogens (tertiary/aromatic N) is 3. The highest BCUT2D eigenvalue weighted by atomic mass is 16.2. The van der Waals surface area contributed by atoms with E-state index in [9.17, 15) is 4.79 Å². The number of carbonyl (C=O) groups excluding carboxylic acids is 1. The second kappa shape index (κ2) is 6.49. The van der Waals surface area contributed by atoms with Crippen molar-refractivity contribution < 1.29 is 4.79 Å². The van der Waals surface area contributed by atoms with Crippen LogP contribution in [0.3, 0.4) is 0 Å². The van der Waals surface area contributed by atoms with Gasteiger partial charge in [-0.05, 0) is 24.5 Å². The van der Waals surface area contributed by atoms with E-state index in [0.717, 1.165) is 5.69 Å². The van der Waals surface area contributed by atoms with Gasteiger partial charge in [-0.15, -0.1) is 5.10 Å². The molecule has 0 saturated heterocycles. The Morgan fingerprint density at radius 1 is 1.38 bits per heavy atom. The molecule has 2 rings (SSSR count). The van der Waals surface area contributed by atoms with Crippen molar-refractivity contribution in [2.45, 2.75) is 26.7 Å². The van der Waals surface area contributed by atoms with E-state index in [1.165, 1.54) is 5.56 Å². The molecule has 1 heterocycles. The minimum Gasteiger partial charge on any atom is -0.348 e. The number of carbonyl (C=O) groups is 1. The average molecular weight is 287 g/mol. The summed E-state index contributed by atoms with van der Waals surface area (Å²) in [5.74, 6) is 0.907. The molecule has 1 amide bonds. The van der Waals surface area contributed by atoms with Crippen LogP contribution in [0, 0.1) is 6.92 Å². The van der Waals surface area contributed by atoms with Crippen molar-refractivity contribution in [1.29, 1.82) is 0 Å². The predicted octanol–water partition coefficient (Wildman–Crippen LogP) is 1.39. The molecule has 6 heteroatoms. The average Bonchev–Trinajstić information content (AvgIpc) is 2.86. The molecule has 0 unspecified atom stereocenters. The Morgan fingerprint density at radius 3 is 2.76 bits per heavy atom. The molecule has 0 aliphatic rings. The van der Waals surface area contributed by atoms with E-state index in [-0.39, 0.29) is 11.7 Å². The molecule has 1 aromatic carbocycles. The summed E-state index contributed by atoms with van der Waals surface area (Å²) >= 11 is 0. The normalized spacial score (nSPS) is 10.9. The minimum absolute atomic E-state index is 0.166. The van der Waals surface area contributed by atoms with Gasteiger partial charge in [0.1, 0.15) is 5.82 Å². The highest BCUT2D eigenvalue weighted by Crippen LogP contribution is 2.23. The van der Waals surface area contributed by atoms with E-state index in [0.29, 0.717) is 24.8 Å². The summed E-state index contributed by atoms with van der Waals surface area (Å²) in [6.07, 6.45) is 0. The third kappa shape index (κ3) is 3.28. The molecule has 0 radical (unpaired) electrons. The zero-order valence-corrected chi connectivity index (χ0v) is 12.6. The molecule has 0 bridgehead atoms. The van der Waals surface area contributed by atoms with Crippen molar-refractivity contribution in [3.63, 3.8) is 0 Å². The van der Waals surface area contributed by atoms with Gasteiger partial charge < -0.3 is 11.1 Å². The van der Waals surface area contributed by atoms with Gasteiger partial charge in [-0.3, -0.25) is 4.79 Å². The molecule has 0 saturated carbocycles. The van der Waals surface area contributed by atoms with Crippen LogP contribution in [-0.4, -0.2) is 33.8 Å². The maximum atomic E-state index is 11.9. The number of nitrogens with two attached hydrogens (primary N) is 1. The molecule has 112 valence electrons. The molecule has 0 aliphatic carbocycles. The third-order valence-corrected chi connectivity index (χ3v) is 3.19. The first-order valence-electron chi connectivity index (χ1n) is 7.05. The zero-order chi connectivity index (χ0) is 15.4. The summed E-state index contributed by atoms with van der Waals surface area (Å²) in [5.41, 5.74) is 7.49. The van der Waals surface area contributed by atoms with Crippen molar-refractivity contribution in [3.8, 4) is 5.69 Å². The fourth-order valence-corrected chi connectivity index (χ4v) is 2.15. The number of benzene rings is 1. The van der Waals surface area contributed by atoms with Crippen LogP contribution in [0.1, 0.15) is 41.8 Å². The van der Waals surface area contributed by atoms with E-state index in [1.807, 2.05) is 25.1 Å². The van der Waals surface area contributed by atoms with Crippen LogP contribution in [0.2, 0.25) is 0 Å². The summed E-state index contributed by atoms with van der Waals surface area (Å²) in [7, 11) is 0. The minimum atomic E-state index is -0.302. The number of amides is 1. The fourth-order valence-electron chi connectivity index (χ4n) is 2.15. The van der Waals surface area contributed by atoms with Crippen LogP contribution < -0.4 is 11.1 Å². The molecule has 2 aromatic rings. The number of hydrogen-bond acceptors (Lipinski definition) is 4. The van der Waals surface area contributed by atoms with Gasteiger partial charge in [-0.2, -0.15) is 0 Å². The Balaban J connectivity index is 2.38. The van der Waals surface area contributed by atoms with Crippen LogP contribution in [0.5, 0.6) is 0 Å². The van der Waals surface area contributed by atoms with Crippen molar-refractivity contribution >= 4 is 5.91 Å². The molecular formula is C15H21N5O. The molecule has 3 N–H and O–H groups in total. The van der Waals surface area contributed by atoms with Gasteiger partial charge in [0.15, 0.2) is 0 Å². The zero-order valence-electron chi connectivity index (χ0n) is 12.6. The van der Waals surface area contributed by atoms with Crippen LogP contribution in [0.25, 0.3) is 5.69 Å². The number of aryl methyl sites for hydroxylation is 1. The fraction of sp³-hybridized carbons (Fsp3) is 0.400. The molecule has 21 heavy (non-hydrogen) atoms. The van der Waals surface area contributed by atoms with Crippen LogP contribution in [-0.2, 0) is 0 Å². The molecule has 0 atom stereocenters. The Hall–Kier alpha value is -2.21. The smallest absolute Gasteiger partial charge is 0.291 e. The molecule has 0 spiro atoms. The van der Waals surface area contributed by atoms with Gasteiger partial charge in [-0.1, -0.05) is 32.0 Å². The third-order valence-electron chi connectivity index (χ3n) is 3.19. The predicted molar refractivity (Wildman–Crippen MR) is 81.6 cm³/mol. The Bertz CT molecular complexity index is 633. The summed E-state index contributed by atoms with van der Waals surface area (Å²) < 4.78 is 1.71. The summed E-state index contributed by atoms with van der Waals surface area (Å²) in [4.78, 5) is 16.2. The lowest BCUT2D eigenvalue weighted by Crippen LogP contribution is -2.29. The number of hydrogen-bond donors (Lipinski definition) is 2. The second-order valence-electron chi connectivity index (χ2n) is 5.15. The Morgan fingerprint density at radius 2 is 2.10 bits per heavy atom. The van der Waals surface area contributed by atoms with E-state index < -0.39 is 0 Å². The molecule has 1 aromatic heterocycles. The van der Waals surface area contributed by atoms with Gasteiger partial charge in [0.2, 0.25) is 5.82 Å². The Kier molecular flexibility index (Phi) is 4.70. The largest absolute Gasteiger partial charge is 0.348 e.